The second-order valence-electron chi connectivity index (χ2n) is 4.21. The van der Waals surface area contributed by atoms with Crippen molar-refractivity contribution in [3.8, 4) is 5.75 Å². The van der Waals surface area contributed by atoms with E-state index in [2.05, 4.69) is 0 Å². The maximum absolute atomic E-state index is 7.36. The maximum atomic E-state index is 7.36. The summed E-state index contributed by atoms with van der Waals surface area (Å²) in [7, 11) is 0. The lowest BCUT2D eigenvalue weighted by Gasteiger charge is -2.12. The van der Waals surface area contributed by atoms with E-state index >= 15 is 0 Å². The molecule has 0 radical (unpaired) electrons. The molecule has 0 aromatic heterocycles. The number of nitrogens with two attached hydrogens (primary N) is 1. The van der Waals surface area contributed by atoms with Crippen LogP contribution in [0.4, 0.5) is 0 Å². The molecule has 7 heteroatoms. The maximum Gasteiger partial charge on any atom is 0.157 e. The summed E-state index contributed by atoms with van der Waals surface area (Å²) < 4.78 is 5.60. The highest BCUT2D eigenvalue weighted by Crippen LogP contribution is 2.36. The van der Waals surface area contributed by atoms with Crippen LogP contribution in [0.25, 0.3) is 0 Å². The zero-order valence-electron chi connectivity index (χ0n) is 10.6. The van der Waals surface area contributed by atoms with E-state index in [9.17, 15) is 0 Å². The third-order valence-electron chi connectivity index (χ3n) is 2.70. The summed E-state index contributed by atoms with van der Waals surface area (Å²) in [5, 5.41) is 8.88. The Bertz CT molecular complexity index is 680. The first-order valence-corrected chi connectivity index (χ1v) is 7.30. The van der Waals surface area contributed by atoms with E-state index in [1.165, 1.54) is 0 Å². The van der Waals surface area contributed by atoms with E-state index in [0.717, 1.165) is 5.56 Å². The van der Waals surface area contributed by atoms with Crippen molar-refractivity contribution in [3.63, 3.8) is 0 Å². The van der Waals surface area contributed by atoms with Crippen molar-refractivity contribution in [1.82, 2.24) is 0 Å². The van der Waals surface area contributed by atoms with Crippen LogP contribution in [0.1, 0.15) is 11.1 Å². The number of amidine groups is 1. The molecule has 0 amide bonds. The molecule has 0 saturated heterocycles. The molecule has 0 spiro atoms. The van der Waals surface area contributed by atoms with E-state index in [1.54, 1.807) is 30.3 Å². The Morgan fingerprint density at radius 2 is 1.62 bits per heavy atom. The van der Waals surface area contributed by atoms with Crippen molar-refractivity contribution in [2.45, 2.75) is 6.61 Å². The molecule has 0 bridgehead atoms. The van der Waals surface area contributed by atoms with Crippen LogP contribution >= 0.6 is 46.4 Å². The lowest BCUT2D eigenvalue weighted by atomic mass is 10.1. The van der Waals surface area contributed by atoms with Crippen molar-refractivity contribution in [2.24, 2.45) is 5.73 Å². The number of benzene rings is 2. The highest BCUT2D eigenvalue weighted by atomic mass is 35.5. The van der Waals surface area contributed by atoms with Crippen LogP contribution in [0.2, 0.25) is 20.1 Å². The number of rotatable bonds is 4. The lowest BCUT2D eigenvalue weighted by molar-refractivity contribution is 0.306. The Morgan fingerprint density at radius 1 is 1.00 bits per heavy atom. The van der Waals surface area contributed by atoms with Gasteiger partial charge in [0.15, 0.2) is 5.75 Å². The van der Waals surface area contributed by atoms with Crippen LogP contribution in [0.5, 0.6) is 5.75 Å². The van der Waals surface area contributed by atoms with E-state index < -0.39 is 0 Å². The van der Waals surface area contributed by atoms with Gasteiger partial charge in [-0.15, -0.1) is 0 Å². The zero-order valence-corrected chi connectivity index (χ0v) is 13.6. The Kier molecular flexibility index (Phi) is 5.22. The minimum absolute atomic E-state index is 0.0480. The first kappa shape index (κ1) is 16.2. The fourth-order valence-corrected chi connectivity index (χ4v) is 2.81. The van der Waals surface area contributed by atoms with Gasteiger partial charge in [-0.3, -0.25) is 5.41 Å². The van der Waals surface area contributed by atoms with Gasteiger partial charge in [-0.2, -0.15) is 0 Å². The minimum Gasteiger partial charge on any atom is -0.486 e. The molecule has 21 heavy (non-hydrogen) atoms. The van der Waals surface area contributed by atoms with Gasteiger partial charge in [-0.1, -0.05) is 58.5 Å². The molecular weight excluding hydrogens is 354 g/mol. The summed E-state index contributed by atoms with van der Waals surface area (Å²) >= 11 is 24.0. The molecule has 0 heterocycles. The van der Waals surface area contributed by atoms with Gasteiger partial charge >= 0.3 is 0 Å². The molecule has 2 aromatic carbocycles. The molecule has 3 nitrogen and oxygen atoms in total. The molecule has 0 aliphatic carbocycles. The molecule has 110 valence electrons. The highest BCUT2D eigenvalue weighted by molar-refractivity contribution is 6.40. The van der Waals surface area contributed by atoms with Gasteiger partial charge in [0.05, 0.1) is 10.0 Å². The number of nitrogen functional groups attached to an aromatic ring is 1. The monoisotopic (exact) mass is 362 g/mol. The molecule has 2 rings (SSSR count). The Labute approximate surface area is 142 Å². The molecule has 0 atom stereocenters. The number of hydrogen-bond donors (Lipinski definition) is 2. The van der Waals surface area contributed by atoms with Crippen LogP contribution in [0, 0.1) is 5.41 Å². The summed E-state index contributed by atoms with van der Waals surface area (Å²) in [6.07, 6.45) is 0. The zero-order chi connectivity index (χ0) is 15.6. The molecule has 2 aromatic rings. The number of hydrogen-bond acceptors (Lipinski definition) is 2. The van der Waals surface area contributed by atoms with Gasteiger partial charge in [0.1, 0.15) is 12.4 Å². The summed E-state index contributed by atoms with van der Waals surface area (Å²) in [4.78, 5) is 0. The average Bonchev–Trinajstić information content (AvgIpc) is 2.38. The van der Waals surface area contributed by atoms with Gasteiger partial charge in [0.2, 0.25) is 0 Å². The average molecular weight is 364 g/mol. The van der Waals surface area contributed by atoms with Gasteiger partial charge < -0.3 is 10.5 Å². The molecular formula is C14H10Cl4N2O. The largest absolute Gasteiger partial charge is 0.486 e. The van der Waals surface area contributed by atoms with E-state index in [0.29, 0.717) is 31.4 Å². The van der Waals surface area contributed by atoms with Crippen LogP contribution in [0.3, 0.4) is 0 Å². The first-order valence-electron chi connectivity index (χ1n) is 5.78. The smallest absolute Gasteiger partial charge is 0.157 e. The Hall–Kier alpha value is -1.13. The topological polar surface area (TPSA) is 59.1 Å². The van der Waals surface area contributed by atoms with Gasteiger partial charge in [0, 0.05) is 21.2 Å². The fourth-order valence-electron chi connectivity index (χ4n) is 1.65. The van der Waals surface area contributed by atoms with Crippen molar-refractivity contribution in [1.29, 1.82) is 5.41 Å². The van der Waals surface area contributed by atoms with Crippen molar-refractivity contribution < 1.29 is 4.74 Å². The standard InChI is InChI=1S/C14H10Cl4N2O/c15-9-4-11(17)13(12(18)5-9)21-6-8-2-1-7(14(19)20)3-10(8)16/h1-5H,6H2,(H3,19,20). The summed E-state index contributed by atoms with van der Waals surface area (Å²) in [5.41, 5.74) is 6.67. The van der Waals surface area contributed by atoms with E-state index in [-0.39, 0.29) is 12.4 Å². The van der Waals surface area contributed by atoms with Crippen molar-refractivity contribution in [2.75, 3.05) is 0 Å². The molecule has 3 N–H and O–H groups in total. The third kappa shape index (κ3) is 3.95. The van der Waals surface area contributed by atoms with Gasteiger partial charge in [0.25, 0.3) is 0 Å². The van der Waals surface area contributed by atoms with Crippen molar-refractivity contribution >= 4 is 52.2 Å². The quantitative estimate of drug-likeness (QED) is 0.581. The number of nitrogens with one attached hydrogen (secondary N) is 1. The van der Waals surface area contributed by atoms with Crippen LogP contribution < -0.4 is 10.5 Å². The Balaban J connectivity index is 2.19. The summed E-state index contributed by atoms with van der Waals surface area (Å²) in [6, 6.07) is 8.12. The summed E-state index contributed by atoms with van der Waals surface area (Å²) in [5.74, 6) is 0.294. The van der Waals surface area contributed by atoms with E-state index in [4.69, 9.17) is 62.3 Å². The van der Waals surface area contributed by atoms with Gasteiger partial charge in [-0.25, -0.2) is 0 Å². The predicted octanol–water partition coefficient (Wildman–Crippen LogP) is 5.16. The Morgan fingerprint density at radius 3 is 2.14 bits per heavy atom. The normalized spacial score (nSPS) is 10.5. The minimum atomic E-state index is -0.0480. The molecule has 0 aliphatic heterocycles. The van der Waals surface area contributed by atoms with Crippen molar-refractivity contribution in [3.05, 3.63) is 61.5 Å². The van der Waals surface area contributed by atoms with E-state index in [1.807, 2.05) is 0 Å². The lowest BCUT2D eigenvalue weighted by Crippen LogP contribution is -2.11. The molecule has 0 unspecified atom stereocenters. The second-order valence-corrected chi connectivity index (χ2v) is 5.87. The summed E-state index contributed by atoms with van der Waals surface area (Å²) in [6.45, 7) is 0.179. The third-order valence-corrected chi connectivity index (χ3v) is 3.83. The van der Waals surface area contributed by atoms with Crippen LogP contribution in [-0.4, -0.2) is 5.84 Å². The number of ether oxygens (including phenoxy) is 1. The van der Waals surface area contributed by atoms with Crippen LogP contribution in [-0.2, 0) is 6.61 Å². The molecule has 0 fully saturated rings. The fraction of sp³-hybridized carbons (Fsp3) is 0.0714. The predicted molar refractivity (Wildman–Crippen MR) is 88.3 cm³/mol. The van der Waals surface area contributed by atoms with Gasteiger partial charge in [-0.05, 0) is 18.2 Å². The molecule has 0 aliphatic rings. The number of halogens is 4. The highest BCUT2D eigenvalue weighted by Gasteiger charge is 2.11. The first-order chi connectivity index (χ1) is 9.88. The second kappa shape index (κ2) is 6.75. The van der Waals surface area contributed by atoms with Crippen LogP contribution in [0.15, 0.2) is 30.3 Å². The molecule has 0 saturated carbocycles. The SMILES string of the molecule is N=C(N)c1ccc(COc2c(Cl)cc(Cl)cc2Cl)c(Cl)c1.